The zero-order valence-electron chi connectivity index (χ0n) is 12.9. The van der Waals surface area contributed by atoms with E-state index in [9.17, 15) is 5.11 Å². The first-order valence-electron chi connectivity index (χ1n) is 7.60. The quantitative estimate of drug-likeness (QED) is 0.889. The summed E-state index contributed by atoms with van der Waals surface area (Å²) in [6.45, 7) is 6.49. The molecule has 1 aromatic rings. The maximum atomic E-state index is 9.43. The summed E-state index contributed by atoms with van der Waals surface area (Å²) < 4.78 is 6.18. The third-order valence-corrected chi connectivity index (χ3v) is 4.32. The first kappa shape index (κ1) is 15.3. The molecule has 2 unspecified atom stereocenters. The van der Waals surface area contributed by atoms with Crippen molar-refractivity contribution in [2.75, 3.05) is 6.61 Å². The van der Waals surface area contributed by atoms with Gasteiger partial charge in [-0.15, -0.1) is 0 Å². The molecule has 2 atom stereocenters. The summed E-state index contributed by atoms with van der Waals surface area (Å²) in [6.07, 6.45) is 3.76. The second kappa shape index (κ2) is 6.15. The molecule has 112 valence electrons. The van der Waals surface area contributed by atoms with E-state index in [0.29, 0.717) is 5.92 Å². The second-order valence-corrected chi connectivity index (χ2v) is 6.54. The van der Waals surface area contributed by atoms with Crippen LogP contribution in [0, 0.1) is 6.92 Å². The van der Waals surface area contributed by atoms with Crippen molar-refractivity contribution in [3.63, 3.8) is 0 Å². The Labute approximate surface area is 122 Å². The van der Waals surface area contributed by atoms with Crippen LogP contribution in [0.25, 0.3) is 0 Å². The van der Waals surface area contributed by atoms with Crippen LogP contribution in [0.4, 0.5) is 0 Å². The molecule has 0 amide bonds. The van der Waals surface area contributed by atoms with Crippen molar-refractivity contribution >= 4 is 0 Å². The van der Waals surface area contributed by atoms with E-state index < -0.39 is 5.54 Å². The van der Waals surface area contributed by atoms with Gasteiger partial charge in [0.25, 0.3) is 0 Å². The van der Waals surface area contributed by atoms with Crippen molar-refractivity contribution in [2.45, 2.75) is 64.0 Å². The topological polar surface area (TPSA) is 55.5 Å². The third-order valence-electron chi connectivity index (χ3n) is 4.32. The summed E-state index contributed by atoms with van der Waals surface area (Å²) in [6, 6.07) is 6.43. The van der Waals surface area contributed by atoms with Crippen LogP contribution in [-0.4, -0.2) is 23.4 Å². The Morgan fingerprint density at radius 3 is 2.85 bits per heavy atom. The van der Waals surface area contributed by atoms with Gasteiger partial charge in [-0.05, 0) is 49.3 Å². The molecule has 0 aliphatic heterocycles. The van der Waals surface area contributed by atoms with Crippen LogP contribution in [0.3, 0.4) is 0 Å². The van der Waals surface area contributed by atoms with Crippen molar-refractivity contribution in [1.82, 2.24) is 0 Å². The molecular formula is C17H27NO2. The molecule has 0 spiro atoms. The van der Waals surface area contributed by atoms with Gasteiger partial charge in [0.15, 0.2) is 0 Å². The first-order valence-corrected chi connectivity index (χ1v) is 7.60. The number of ether oxygens (including phenoxy) is 1. The van der Waals surface area contributed by atoms with Crippen LogP contribution in [0.5, 0.6) is 5.75 Å². The Morgan fingerprint density at radius 2 is 2.20 bits per heavy atom. The molecule has 0 heterocycles. The van der Waals surface area contributed by atoms with E-state index in [-0.39, 0.29) is 12.7 Å². The number of aliphatic hydroxyl groups excluding tert-OH is 1. The third kappa shape index (κ3) is 3.53. The molecule has 20 heavy (non-hydrogen) atoms. The van der Waals surface area contributed by atoms with Gasteiger partial charge in [-0.25, -0.2) is 0 Å². The Balaban J connectivity index is 2.11. The Kier molecular flexibility index (Phi) is 4.71. The zero-order valence-corrected chi connectivity index (χ0v) is 12.9. The first-order chi connectivity index (χ1) is 9.43. The van der Waals surface area contributed by atoms with Gasteiger partial charge >= 0.3 is 0 Å². The van der Waals surface area contributed by atoms with Crippen LogP contribution in [0.15, 0.2) is 18.2 Å². The minimum atomic E-state index is -0.466. The van der Waals surface area contributed by atoms with Crippen molar-refractivity contribution in [1.29, 1.82) is 0 Å². The van der Waals surface area contributed by atoms with Crippen molar-refractivity contribution in [3.05, 3.63) is 29.3 Å². The highest BCUT2D eigenvalue weighted by Gasteiger charge is 2.33. The number of hydrogen-bond acceptors (Lipinski definition) is 3. The van der Waals surface area contributed by atoms with Crippen molar-refractivity contribution < 1.29 is 9.84 Å². The van der Waals surface area contributed by atoms with Crippen LogP contribution in [0.1, 0.15) is 56.6 Å². The van der Waals surface area contributed by atoms with E-state index in [0.717, 1.165) is 37.0 Å². The maximum Gasteiger partial charge on any atom is 0.122 e. The molecule has 0 saturated heterocycles. The standard InChI is InChI=1S/C17H27NO2/c1-12(2)14-7-6-13(3)16(9-14)20-15-5-4-8-17(18,10-15)11-19/h6-7,9,12,15,19H,4-5,8,10-11,18H2,1-3H3. The molecule has 1 saturated carbocycles. The summed E-state index contributed by atoms with van der Waals surface area (Å²) in [4.78, 5) is 0. The van der Waals surface area contributed by atoms with E-state index in [4.69, 9.17) is 10.5 Å². The lowest BCUT2D eigenvalue weighted by Crippen LogP contribution is -2.50. The van der Waals surface area contributed by atoms with Gasteiger partial charge in [-0.2, -0.15) is 0 Å². The smallest absolute Gasteiger partial charge is 0.122 e. The fourth-order valence-electron chi connectivity index (χ4n) is 2.87. The molecule has 1 aliphatic carbocycles. The molecule has 3 N–H and O–H groups in total. The summed E-state index contributed by atoms with van der Waals surface area (Å²) in [5.74, 6) is 1.46. The Hall–Kier alpha value is -1.06. The van der Waals surface area contributed by atoms with Gasteiger partial charge in [0.05, 0.1) is 6.61 Å². The SMILES string of the molecule is Cc1ccc(C(C)C)cc1OC1CCCC(N)(CO)C1. The monoisotopic (exact) mass is 277 g/mol. The summed E-state index contributed by atoms with van der Waals surface area (Å²) in [7, 11) is 0. The molecule has 3 heteroatoms. The molecular weight excluding hydrogens is 250 g/mol. The molecule has 3 nitrogen and oxygen atoms in total. The number of aryl methyl sites for hydroxylation is 1. The van der Waals surface area contributed by atoms with Crippen molar-refractivity contribution in [3.8, 4) is 5.75 Å². The normalized spacial score (nSPS) is 26.8. The van der Waals surface area contributed by atoms with Crippen LogP contribution in [-0.2, 0) is 0 Å². The van der Waals surface area contributed by atoms with Crippen molar-refractivity contribution in [2.24, 2.45) is 5.73 Å². The number of nitrogens with two attached hydrogens (primary N) is 1. The fourth-order valence-corrected chi connectivity index (χ4v) is 2.87. The second-order valence-electron chi connectivity index (χ2n) is 6.54. The summed E-state index contributed by atoms with van der Waals surface area (Å²) >= 11 is 0. The summed E-state index contributed by atoms with van der Waals surface area (Å²) in [5, 5.41) is 9.43. The average molecular weight is 277 g/mol. The van der Waals surface area contributed by atoms with Gasteiger partial charge in [0.2, 0.25) is 0 Å². The Morgan fingerprint density at radius 1 is 1.45 bits per heavy atom. The summed E-state index contributed by atoms with van der Waals surface area (Å²) in [5.41, 5.74) is 8.18. The van der Waals surface area contributed by atoms with E-state index in [1.165, 1.54) is 5.56 Å². The van der Waals surface area contributed by atoms with Gasteiger partial charge < -0.3 is 15.6 Å². The van der Waals surface area contributed by atoms with Gasteiger partial charge in [-0.1, -0.05) is 26.0 Å². The molecule has 0 radical (unpaired) electrons. The minimum Gasteiger partial charge on any atom is -0.490 e. The van der Waals surface area contributed by atoms with E-state index in [2.05, 4.69) is 39.0 Å². The van der Waals surface area contributed by atoms with Crippen LogP contribution >= 0.6 is 0 Å². The van der Waals surface area contributed by atoms with Crippen LogP contribution in [0.2, 0.25) is 0 Å². The van der Waals surface area contributed by atoms with E-state index >= 15 is 0 Å². The predicted octanol–water partition coefficient (Wildman–Crippen LogP) is 3.13. The van der Waals surface area contributed by atoms with Gasteiger partial charge in [0, 0.05) is 12.0 Å². The molecule has 0 bridgehead atoms. The molecule has 1 aliphatic rings. The molecule has 1 aromatic carbocycles. The van der Waals surface area contributed by atoms with E-state index in [1.807, 2.05) is 0 Å². The lowest BCUT2D eigenvalue weighted by molar-refractivity contribution is 0.0724. The highest BCUT2D eigenvalue weighted by Crippen LogP contribution is 2.31. The zero-order chi connectivity index (χ0) is 14.8. The predicted molar refractivity (Wildman–Crippen MR) is 82.2 cm³/mol. The number of aliphatic hydroxyl groups is 1. The highest BCUT2D eigenvalue weighted by molar-refractivity contribution is 5.38. The van der Waals surface area contributed by atoms with Gasteiger partial charge in [0.1, 0.15) is 11.9 Å². The average Bonchev–Trinajstić information content (AvgIpc) is 2.41. The largest absolute Gasteiger partial charge is 0.490 e. The lowest BCUT2D eigenvalue weighted by atomic mass is 9.81. The Bertz CT molecular complexity index is 458. The fraction of sp³-hybridized carbons (Fsp3) is 0.647. The maximum absolute atomic E-state index is 9.43. The molecule has 0 aromatic heterocycles. The highest BCUT2D eigenvalue weighted by atomic mass is 16.5. The lowest BCUT2D eigenvalue weighted by Gasteiger charge is -2.36. The number of benzene rings is 1. The number of rotatable bonds is 4. The van der Waals surface area contributed by atoms with E-state index in [1.54, 1.807) is 0 Å². The van der Waals surface area contributed by atoms with Gasteiger partial charge in [-0.3, -0.25) is 0 Å². The minimum absolute atomic E-state index is 0.0396. The molecule has 2 rings (SSSR count). The van der Waals surface area contributed by atoms with Crippen LogP contribution < -0.4 is 10.5 Å². The number of hydrogen-bond donors (Lipinski definition) is 2. The molecule has 1 fully saturated rings.